The monoisotopic (exact) mass is 259 g/mol. The van der Waals surface area contributed by atoms with E-state index in [1.165, 1.54) is 5.56 Å². The lowest BCUT2D eigenvalue weighted by Gasteiger charge is -2.05. The van der Waals surface area contributed by atoms with Crippen LogP contribution in [0.1, 0.15) is 31.9 Å². The van der Waals surface area contributed by atoms with Crippen molar-refractivity contribution < 1.29 is 0 Å². The van der Waals surface area contributed by atoms with Crippen LogP contribution in [0.5, 0.6) is 0 Å². The van der Waals surface area contributed by atoms with E-state index in [9.17, 15) is 4.79 Å². The Morgan fingerprint density at radius 1 is 1.26 bits per heavy atom. The predicted octanol–water partition coefficient (Wildman–Crippen LogP) is 2.45. The van der Waals surface area contributed by atoms with Gasteiger partial charge in [-0.25, -0.2) is 4.79 Å². The highest BCUT2D eigenvalue weighted by Crippen LogP contribution is 2.09. The molecule has 0 spiro atoms. The minimum absolute atomic E-state index is 0.0718. The highest BCUT2D eigenvalue weighted by molar-refractivity contribution is 5.40. The highest BCUT2D eigenvalue weighted by atomic mass is 16.1. The number of hydrogen-bond acceptors (Lipinski definition) is 2. The van der Waals surface area contributed by atoms with Gasteiger partial charge in [0.1, 0.15) is 0 Å². The maximum Gasteiger partial charge on any atom is 0.328 e. The van der Waals surface area contributed by atoms with Crippen LogP contribution in [0.3, 0.4) is 0 Å². The lowest BCUT2D eigenvalue weighted by atomic mass is 10.1. The molecular weight excluding hydrogens is 238 g/mol. The summed E-state index contributed by atoms with van der Waals surface area (Å²) in [6, 6.07) is 8.12. The van der Waals surface area contributed by atoms with E-state index in [1.54, 1.807) is 9.13 Å². The summed E-state index contributed by atoms with van der Waals surface area (Å²) >= 11 is 0. The SMILES string of the molecule is CC(C)n1ccn(CCCc2cccc(N)c2)c1=O. The molecular formula is C15H21N3O. The van der Waals surface area contributed by atoms with Crippen LogP contribution in [0.2, 0.25) is 0 Å². The van der Waals surface area contributed by atoms with Crippen LogP contribution in [-0.4, -0.2) is 9.13 Å². The van der Waals surface area contributed by atoms with Crippen molar-refractivity contribution in [2.75, 3.05) is 5.73 Å². The summed E-state index contributed by atoms with van der Waals surface area (Å²) in [5, 5.41) is 0. The Kier molecular flexibility index (Phi) is 4.10. The summed E-state index contributed by atoms with van der Waals surface area (Å²) in [4.78, 5) is 12.0. The molecule has 0 saturated carbocycles. The van der Waals surface area contributed by atoms with Gasteiger partial charge in [-0.05, 0) is 44.4 Å². The van der Waals surface area contributed by atoms with E-state index in [2.05, 4.69) is 6.07 Å². The number of nitrogens with two attached hydrogens (primary N) is 1. The van der Waals surface area contributed by atoms with Gasteiger partial charge < -0.3 is 5.73 Å². The Balaban J connectivity index is 1.95. The molecule has 1 aromatic heterocycles. The van der Waals surface area contributed by atoms with Gasteiger partial charge in [0.25, 0.3) is 0 Å². The van der Waals surface area contributed by atoms with Gasteiger partial charge in [-0.1, -0.05) is 12.1 Å². The van der Waals surface area contributed by atoms with E-state index in [0.717, 1.165) is 25.1 Å². The first-order chi connectivity index (χ1) is 9.08. The van der Waals surface area contributed by atoms with Crippen LogP contribution >= 0.6 is 0 Å². The molecule has 0 atom stereocenters. The van der Waals surface area contributed by atoms with Gasteiger partial charge in [0, 0.05) is 30.7 Å². The van der Waals surface area contributed by atoms with Crippen LogP contribution in [0.25, 0.3) is 0 Å². The summed E-state index contributed by atoms with van der Waals surface area (Å²) in [6.45, 7) is 4.77. The number of aryl methyl sites for hydroxylation is 2. The molecule has 2 aromatic rings. The van der Waals surface area contributed by atoms with E-state index < -0.39 is 0 Å². The molecule has 0 bridgehead atoms. The molecule has 0 aliphatic carbocycles. The quantitative estimate of drug-likeness (QED) is 0.838. The molecule has 0 amide bonds. The van der Waals surface area contributed by atoms with E-state index in [1.807, 2.05) is 44.4 Å². The normalized spacial score (nSPS) is 11.1. The Morgan fingerprint density at radius 3 is 2.68 bits per heavy atom. The average molecular weight is 259 g/mol. The first kappa shape index (κ1) is 13.5. The maximum absolute atomic E-state index is 12.0. The van der Waals surface area contributed by atoms with Crippen LogP contribution in [0.15, 0.2) is 41.5 Å². The van der Waals surface area contributed by atoms with Crippen molar-refractivity contribution >= 4 is 5.69 Å². The Bertz CT molecular complexity index is 595. The van der Waals surface area contributed by atoms with Gasteiger partial charge in [0.15, 0.2) is 0 Å². The Hall–Kier alpha value is -1.97. The standard InChI is InChI=1S/C15H21N3O/c1-12(2)18-10-9-17(15(18)19)8-4-6-13-5-3-7-14(16)11-13/h3,5,7,9-12H,4,6,8,16H2,1-2H3. The molecule has 1 aromatic carbocycles. The van der Waals surface area contributed by atoms with Gasteiger partial charge in [-0.2, -0.15) is 0 Å². The summed E-state index contributed by atoms with van der Waals surface area (Å²) in [5.74, 6) is 0. The molecule has 0 saturated heterocycles. The molecule has 0 aliphatic rings. The molecule has 0 radical (unpaired) electrons. The summed E-state index contributed by atoms with van der Waals surface area (Å²) in [7, 11) is 0. The van der Waals surface area contributed by atoms with Crippen molar-refractivity contribution in [2.45, 2.75) is 39.3 Å². The second-order valence-corrected chi connectivity index (χ2v) is 5.12. The number of aromatic nitrogens is 2. The van der Waals surface area contributed by atoms with E-state index in [-0.39, 0.29) is 11.7 Å². The second kappa shape index (κ2) is 5.78. The zero-order valence-corrected chi connectivity index (χ0v) is 11.5. The lowest BCUT2D eigenvalue weighted by Crippen LogP contribution is -2.25. The molecule has 2 N–H and O–H groups in total. The molecule has 0 aliphatic heterocycles. The van der Waals surface area contributed by atoms with Crippen LogP contribution in [0, 0.1) is 0 Å². The number of anilines is 1. The molecule has 1 heterocycles. The van der Waals surface area contributed by atoms with Crippen molar-refractivity contribution in [2.24, 2.45) is 0 Å². The molecule has 19 heavy (non-hydrogen) atoms. The summed E-state index contributed by atoms with van der Waals surface area (Å²) < 4.78 is 3.52. The van der Waals surface area contributed by atoms with Crippen molar-refractivity contribution in [3.8, 4) is 0 Å². The third-order valence-electron chi connectivity index (χ3n) is 3.25. The molecule has 0 fully saturated rings. The number of hydrogen-bond donors (Lipinski definition) is 1. The fraction of sp³-hybridized carbons (Fsp3) is 0.400. The second-order valence-electron chi connectivity index (χ2n) is 5.12. The third kappa shape index (κ3) is 3.28. The number of nitrogen functional groups attached to an aromatic ring is 1. The molecule has 0 unspecified atom stereocenters. The van der Waals surface area contributed by atoms with Gasteiger partial charge in [-0.15, -0.1) is 0 Å². The first-order valence-corrected chi connectivity index (χ1v) is 6.69. The van der Waals surface area contributed by atoms with Crippen LogP contribution in [-0.2, 0) is 13.0 Å². The van der Waals surface area contributed by atoms with E-state index in [4.69, 9.17) is 5.73 Å². The van der Waals surface area contributed by atoms with Gasteiger partial charge in [0.05, 0.1) is 0 Å². The van der Waals surface area contributed by atoms with E-state index >= 15 is 0 Å². The van der Waals surface area contributed by atoms with Crippen molar-refractivity contribution in [1.82, 2.24) is 9.13 Å². The minimum Gasteiger partial charge on any atom is -0.399 e. The van der Waals surface area contributed by atoms with Gasteiger partial charge >= 0.3 is 5.69 Å². The highest BCUT2D eigenvalue weighted by Gasteiger charge is 2.05. The van der Waals surface area contributed by atoms with Crippen molar-refractivity contribution in [3.05, 3.63) is 52.7 Å². The van der Waals surface area contributed by atoms with Crippen LogP contribution in [0.4, 0.5) is 5.69 Å². The lowest BCUT2D eigenvalue weighted by molar-refractivity contribution is 0.542. The number of nitrogens with zero attached hydrogens (tertiary/aromatic N) is 2. The maximum atomic E-state index is 12.0. The molecule has 4 nitrogen and oxygen atoms in total. The summed E-state index contributed by atoms with van der Waals surface area (Å²) in [6.07, 6.45) is 5.59. The number of rotatable bonds is 5. The van der Waals surface area contributed by atoms with Crippen LogP contribution < -0.4 is 11.4 Å². The minimum atomic E-state index is 0.0718. The number of imidazole rings is 1. The molecule has 102 valence electrons. The third-order valence-corrected chi connectivity index (χ3v) is 3.25. The predicted molar refractivity (Wildman–Crippen MR) is 78.3 cm³/mol. The zero-order chi connectivity index (χ0) is 13.8. The topological polar surface area (TPSA) is 52.9 Å². The largest absolute Gasteiger partial charge is 0.399 e. The molecule has 4 heteroatoms. The number of benzene rings is 1. The molecule has 2 rings (SSSR count). The van der Waals surface area contributed by atoms with Crippen molar-refractivity contribution in [1.29, 1.82) is 0 Å². The van der Waals surface area contributed by atoms with Gasteiger partial charge in [-0.3, -0.25) is 9.13 Å². The average Bonchev–Trinajstić information content (AvgIpc) is 2.71. The fourth-order valence-corrected chi connectivity index (χ4v) is 2.19. The fourth-order valence-electron chi connectivity index (χ4n) is 2.19. The van der Waals surface area contributed by atoms with Gasteiger partial charge in [0.2, 0.25) is 0 Å². The Morgan fingerprint density at radius 2 is 2.05 bits per heavy atom. The van der Waals surface area contributed by atoms with E-state index in [0.29, 0.717) is 0 Å². The smallest absolute Gasteiger partial charge is 0.328 e. The first-order valence-electron chi connectivity index (χ1n) is 6.69. The summed E-state index contributed by atoms with van der Waals surface area (Å²) in [5.41, 5.74) is 7.83. The zero-order valence-electron chi connectivity index (χ0n) is 11.5. The Labute approximate surface area is 113 Å². The van der Waals surface area contributed by atoms with Crippen molar-refractivity contribution in [3.63, 3.8) is 0 Å².